The van der Waals surface area contributed by atoms with Crippen molar-refractivity contribution >= 4 is 17.6 Å². The molecular weight excluding hydrogens is 424 g/mol. The lowest BCUT2D eigenvalue weighted by Gasteiger charge is -2.33. The highest BCUT2D eigenvalue weighted by molar-refractivity contribution is 6.00. The fourth-order valence-electron chi connectivity index (χ4n) is 4.21. The largest absolute Gasteiger partial charge is 0.493 e. The molecule has 2 N–H and O–H groups in total. The summed E-state index contributed by atoms with van der Waals surface area (Å²) in [6.45, 7) is 4.55. The first-order chi connectivity index (χ1) is 16.0. The number of benzene rings is 2. The van der Waals surface area contributed by atoms with Crippen LogP contribution in [-0.4, -0.2) is 60.8 Å². The van der Waals surface area contributed by atoms with Crippen molar-refractivity contribution in [2.75, 3.05) is 38.2 Å². The van der Waals surface area contributed by atoms with E-state index in [1.165, 1.54) is 6.92 Å². The third-order valence-electron chi connectivity index (χ3n) is 5.92. The molecule has 176 valence electrons. The number of carbonyl (C=O) groups is 2. The van der Waals surface area contributed by atoms with Crippen LogP contribution in [0.3, 0.4) is 0 Å². The number of aliphatic hydroxyl groups is 1. The predicted octanol–water partition coefficient (Wildman–Crippen LogP) is 2.64. The molecule has 2 aliphatic rings. The molecule has 1 saturated heterocycles. The van der Waals surface area contributed by atoms with Gasteiger partial charge < -0.3 is 29.5 Å². The molecule has 1 amide bonds. The summed E-state index contributed by atoms with van der Waals surface area (Å²) in [7, 11) is 0. The minimum atomic E-state index is -0.602. The molecule has 0 saturated carbocycles. The van der Waals surface area contributed by atoms with Gasteiger partial charge in [-0.3, -0.25) is 9.59 Å². The zero-order valence-corrected chi connectivity index (χ0v) is 18.8. The van der Waals surface area contributed by atoms with Crippen molar-refractivity contribution in [2.24, 2.45) is 5.92 Å². The van der Waals surface area contributed by atoms with E-state index in [1.807, 2.05) is 18.2 Å². The van der Waals surface area contributed by atoms with E-state index in [0.29, 0.717) is 37.0 Å². The first-order valence-corrected chi connectivity index (χ1v) is 11.3. The van der Waals surface area contributed by atoms with E-state index in [4.69, 9.17) is 14.2 Å². The van der Waals surface area contributed by atoms with Gasteiger partial charge in [0.05, 0.1) is 13.0 Å². The number of nitrogens with one attached hydrogen (secondary N) is 1. The van der Waals surface area contributed by atoms with Gasteiger partial charge in [0.25, 0.3) is 0 Å². The Morgan fingerprint density at radius 3 is 2.58 bits per heavy atom. The van der Waals surface area contributed by atoms with E-state index in [0.717, 1.165) is 42.9 Å². The average Bonchev–Trinajstić information content (AvgIpc) is 3.18. The van der Waals surface area contributed by atoms with Gasteiger partial charge in [0.2, 0.25) is 5.91 Å². The highest BCUT2D eigenvalue weighted by atomic mass is 16.5. The lowest BCUT2D eigenvalue weighted by molar-refractivity contribution is -0.131. The SMILES string of the molecule is CC(=O)Oc1ccc(OCC2CCN(CC(O)COc3cccc4c3CC(=O)N4)CC2)cc1. The number of rotatable bonds is 9. The summed E-state index contributed by atoms with van der Waals surface area (Å²) in [6.07, 6.45) is 1.71. The number of β-amino-alcohol motifs (C(OH)–C–C–N with tert-alkyl or cyclic N) is 1. The minimum absolute atomic E-state index is 0.0348. The van der Waals surface area contributed by atoms with E-state index < -0.39 is 6.10 Å². The fraction of sp³-hybridized carbons (Fsp3) is 0.440. The number of anilines is 1. The molecule has 33 heavy (non-hydrogen) atoms. The van der Waals surface area contributed by atoms with Crippen LogP contribution in [0.1, 0.15) is 25.3 Å². The Bertz CT molecular complexity index is 969. The Balaban J connectivity index is 1.15. The number of hydrogen-bond donors (Lipinski definition) is 2. The van der Waals surface area contributed by atoms with Crippen LogP contribution in [0.15, 0.2) is 42.5 Å². The van der Waals surface area contributed by atoms with Crippen LogP contribution in [0, 0.1) is 5.92 Å². The second kappa shape index (κ2) is 10.7. The minimum Gasteiger partial charge on any atom is -0.493 e. The Labute approximate surface area is 193 Å². The van der Waals surface area contributed by atoms with E-state index in [-0.39, 0.29) is 18.5 Å². The van der Waals surface area contributed by atoms with Gasteiger partial charge in [0, 0.05) is 24.7 Å². The number of amides is 1. The zero-order valence-electron chi connectivity index (χ0n) is 18.8. The highest BCUT2D eigenvalue weighted by Crippen LogP contribution is 2.31. The van der Waals surface area contributed by atoms with E-state index in [2.05, 4.69) is 10.2 Å². The molecule has 2 aliphatic heterocycles. The first-order valence-electron chi connectivity index (χ1n) is 11.3. The van der Waals surface area contributed by atoms with Gasteiger partial charge in [-0.15, -0.1) is 0 Å². The van der Waals surface area contributed by atoms with E-state index in [1.54, 1.807) is 24.3 Å². The lowest BCUT2D eigenvalue weighted by Crippen LogP contribution is -2.41. The zero-order chi connectivity index (χ0) is 23.2. The third kappa shape index (κ3) is 6.46. The van der Waals surface area contributed by atoms with Crippen molar-refractivity contribution in [1.29, 1.82) is 0 Å². The average molecular weight is 455 g/mol. The molecule has 1 fully saturated rings. The molecule has 0 spiro atoms. The van der Waals surface area contributed by atoms with Crippen molar-refractivity contribution in [3.05, 3.63) is 48.0 Å². The normalized spacial score (nSPS) is 17.2. The number of carbonyl (C=O) groups excluding carboxylic acids is 2. The monoisotopic (exact) mass is 454 g/mol. The number of aliphatic hydroxyl groups excluding tert-OH is 1. The van der Waals surface area contributed by atoms with Crippen molar-refractivity contribution in [1.82, 2.24) is 4.90 Å². The van der Waals surface area contributed by atoms with Crippen LogP contribution < -0.4 is 19.5 Å². The Morgan fingerprint density at radius 2 is 1.85 bits per heavy atom. The fourth-order valence-corrected chi connectivity index (χ4v) is 4.21. The van der Waals surface area contributed by atoms with Crippen LogP contribution in [0.4, 0.5) is 5.69 Å². The van der Waals surface area contributed by atoms with Crippen LogP contribution >= 0.6 is 0 Å². The second-order valence-corrected chi connectivity index (χ2v) is 8.59. The number of piperidine rings is 1. The maximum atomic E-state index is 11.6. The summed E-state index contributed by atoms with van der Waals surface area (Å²) >= 11 is 0. The smallest absolute Gasteiger partial charge is 0.308 e. The van der Waals surface area contributed by atoms with Crippen LogP contribution in [0.25, 0.3) is 0 Å². The first kappa shape index (κ1) is 23.1. The summed E-state index contributed by atoms with van der Waals surface area (Å²) in [5.41, 5.74) is 1.65. The van der Waals surface area contributed by atoms with Crippen LogP contribution in [0.5, 0.6) is 17.2 Å². The van der Waals surface area contributed by atoms with Gasteiger partial charge in [0.1, 0.15) is 30.0 Å². The molecule has 0 aromatic heterocycles. The second-order valence-electron chi connectivity index (χ2n) is 8.59. The van der Waals surface area contributed by atoms with Crippen molar-refractivity contribution in [3.8, 4) is 17.2 Å². The Morgan fingerprint density at radius 1 is 1.12 bits per heavy atom. The topological polar surface area (TPSA) is 97.3 Å². The number of esters is 1. The van der Waals surface area contributed by atoms with Gasteiger partial charge in [-0.25, -0.2) is 0 Å². The summed E-state index contributed by atoms with van der Waals surface area (Å²) in [5.74, 6) is 2.00. The van der Waals surface area contributed by atoms with Crippen molar-refractivity contribution < 1.29 is 28.9 Å². The Hall–Kier alpha value is -3.10. The molecule has 2 heterocycles. The van der Waals surface area contributed by atoms with Gasteiger partial charge >= 0.3 is 5.97 Å². The summed E-state index contributed by atoms with van der Waals surface area (Å²) < 4.78 is 16.7. The highest BCUT2D eigenvalue weighted by Gasteiger charge is 2.24. The number of fused-ring (bicyclic) bond motifs is 1. The Kier molecular flexibility index (Phi) is 7.47. The summed E-state index contributed by atoms with van der Waals surface area (Å²) in [6, 6.07) is 12.6. The molecule has 0 bridgehead atoms. The van der Waals surface area contributed by atoms with Gasteiger partial charge in [-0.05, 0) is 68.2 Å². The molecule has 2 aromatic rings. The molecule has 1 unspecified atom stereocenters. The van der Waals surface area contributed by atoms with Crippen molar-refractivity contribution in [2.45, 2.75) is 32.3 Å². The number of nitrogens with zero attached hydrogens (tertiary/aromatic N) is 1. The predicted molar refractivity (Wildman–Crippen MR) is 123 cm³/mol. The van der Waals surface area contributed by atoms with Crippen LogP contribution in [-0.2, 0) is 16.0 Å². The molecule has 8 nitrogen and oxygen atoms in total. The molecule has 0 aliphatic carbocycles. The quantitative estimate of drug-likeness (QED) is 0.444. The van der Waals surface area contributed by atoms with Crippen LogP contribution in [0.2, 0.25) is 0 Å². The molecule has 8 heteroatoms. The number of ether oxygens (including phenoxy) is 3. The van der Waals surface area contributed by atoms with E-state index >= 15 is 0 Å². The van der Waals surface area contributed by atoms with Crippen molar-refractivity contribution in [3.63, 3.8) is 0 Å². The number of likely N-dealkylation sites (tertiary alicyclic amines) is 1. The maximum absolute atomic E-state index is 11.6. The molecule has 1 atom stereocenters. The van der Waals surface area contributed by atoms with Gasteiger partial charge in [-0.2, -0.15) is 0 Å². The standard InChI is InChI=1S/C25H30N2O6/c1-17(28)33-21-7-5-20(6-8-21)31-15-18-9-11-27(12-10-18)14-19(29)16-32-24-4-2-3-23-22(24)13-25(30)26-23/h2-8,18-19,29H,9-16H2,1H3,(H,26,30). The van der Waals surface area contributed by atoms with Gasteiger partial charge in [0.15, 0.2) is 0 Å². The molecular formula is C25H30N2O6. The van der Waals surface area contributed by atoms with Gasteiger partial charge in [-0.1, -0.05) is 6.07 Å². The third-order valence-corrected chi connectivity index (χ3v) is 5.92. The maximum Gasteiger partial charge on any atom is 0.308 e. The lowest BCUT2D eigenvalue weighted by atomic mass is 9.97. The summed E-state index contributed by atoms with van der Waals surface area (Å²) in [5, 5.41) is 13.3. The van der Waals surface area contributed by atoms with E-state index in [9.17, 15) is 14.7 Å². The molecule has 2 aromatic carbocycles. The summed E-state index contributed by atoms with van der Waals surface area (Å²) in [4.78, 5) is 24.8. The molecule has 0 radical (unpaired) electrons. The molecule has 4 rings (SSSR count). The number of hydrogen-bond acceptors (Lipinski definition) is 7.